The summed E-state index contributed by atoms with van der Waals surface area (Å²) in [7, 11) is 0. The highest BCUT2D eigenvalue weighted by molar-refractivity contribution is 7.09. The molecule has 0 aromatic carbocycles. The van der Waals surface area contributed by atoms with Crippen molar-refractivity contribution in [2.75, 3.05) is 19.8 Å². The van der Waals surface area contributed by atoms with Crippen LogP contribution in [0.25, 0.3) is 0 Å². The van der Waals surface area contributed by atoms with E-state index in [1.165, 1.54) is 50.6 Å². The van der Waals surface area contributed by atoms with E-state index in [2.05, 4.69) is 10.3 Å². The lowest BCUT2D eigenvalue weighted by atomic mass is 9.87. The Bertz CT molecular complexity index is 591. The largest absolute Gasteiger partial charge is 0.381 e. The number of likely N-dealkylation sites (tertiary alicyclic amines) is 1. The minimum Gasteiger partial charge on any atom is -0.381 e. The molecule has 0 radical (unpaired) electrons. The van der Waals surface area contributed by atoms with Crippen LogP contribution in [-0.2, 0) is 16.0 Å². The van der Waals surface area contributed by atoms with Gasteiger partial charge in [-0.05, 0) is 45.1 Å². The summed E-state index contributed by atoms with van der Waals surface area (Å²) < 4.78 is 5.52. The summed E-state index contributed by atoms with van der Waals surface area (Å²) in [5, 5.41) is 3.25. The summed E-state index contributed by atoms with van der Waals surface area (Å²) in [6.45, 7) is 2.77. The maximum absolute atomic E-state index is 13.1. The van der Waals surface area contributed by atoms with Crippen molar-refractivity contribution >= 4 is 17.1 Å². The van der Waals surface area contributed by atoms with E-state index < -0.39 is 0 Å². The van der Waals surface area contributed by atoms with Gasteiger partial charge in [0, 0.05) is 30.6 Å². The molecule has 1 aliphatic carbocycles. The summed E-state index contributed by atoms with van der Waals surface area (Å²) in [5.74, 6) is 1.03. The minimum absolute atomic E-state index is 0.105. The van der Waals surface area contributed by atoms with Gasteiger partial charge in [-0.1, -0.05) is 25.7 Å². The van der Waals surface area contributed by atoms with Crippen molar-refractivity contribution in [3.05, 3.63) is 16.1 Å². The number of aromatic nitrogens is 1. The molecule has 1 atom stereocenters. The summed E-state index contributed by atoms with van der Waals surface area (Å²) in [5.41, 5.74) is 1.25. The van der Waals surface area contributed by atoms with Gasteiger partial charge < -0.3 is 4.74 Å². The Morgan fingerprint density at radius 3 is 2.65 bits per heavy atom. The molecule has 1 saturated carbocycles. The molecule has 4 rings (SSSR count). The molecular weight excluding hydrogens is 344 g/mol. The first-order valence-electron chi connectivity index (χ1n) is 10.6. The molecule has 0 spiro atoms. The Morgan fingerprint density at radius 1 is 1.08 bits per heavy atom. The second kappa shape index (κ2) is 8.94. The fraction of sp³-hybridized carbons (Fsp3) is 0.810. The number of piperidine rings is 1. The molecule has 1 aromatic rings. The second-order valence-electron chi connectivity index (χ2n) is 8.24. The predicted octanol–water partition coefficient (Wildman–Crippen LogP) is 4.34. The van der Waals surface area contributed by atoms with Crippen LogP contribution >= 0.6 is 11.3 Å². The third-order valence-corrected chi connectivity index (χ3v) is 7.36. The van der Waals surface area contributed by atoms with Crippen molar-refractivity contribution in [2.24, 2.45) is 0 Å². The number of hydrogen-bond acceptors (Lipinski definition) is 5. The second-order valence-corrected chi connectivity index (χ2v) is 9.18. The quantitative estimate of drug-likeness (QED) is 0.767. The Hall–Kier alpha value is -0.780. The number of ketones is 1. The van der Waals surface area contributed by atoms with E-state index in [-0.39, 0.29) is 6.04 Å². The first kappa shape index (κ1) is 18.6. The highest BCUT2D eigenvalue weighted by atomic mass is 32.1. The number of thiazole rings is 1. The van der Waals surface area contributed by atoms with Crippen molar-refractivity contribution in [1.82, 2.24) is 9.88 Å². The van der Waals surface area contributed by atoms with E-state index in [9.17, 15) is 4.79 Å². The SMILES string of the molecule is O=C(Cc1nc(C2CCCCC2)cs1)[C@@H]1CCCCN1C1CCOCC1. The molecule has 26 heavy (non-hydrogen) atoms. The lowest BCUT2D eigenvalue weighted by Gasteiger charge is -2.41. The van der Waals surface area contributed by atoms with Gasteiger partial charge in [-0.25, -0.2) is 4.98 Å². The Balaban J connectivity index is 1.38. The van der Waals surface area contributed by atoms with E-state index in [4.69, 9.17) is 9.72 Å². The monoisotopic (exact) mass is 376 g/mol. The highest BCUT2D eigenvalue weighted by Crippen LogP contribution is 2.33. The molecule has 2 aliphatic heterocycles. The molecule has 0 amide bonds. The van der Waals surface area contributed by atoms with Crippen LogP contribution in [0.3, 0.4) is 0 Å². The first-order valence-corrected chi connectivity index (χ1v) is 11.5. The molecule has 0 bridgehead atoms. The number of ether oxygens (including phenoxy) is 1. The summed E-state index contributed by atoms with van der Waals surface area (Å²) in [6.07, 6.45) is 12.7. The molecule has 4 nitrogen and oxygen atoms in total. The number of carbonyl (C=O) groups excluding carboxylic acids is 1. The maximum atomic E-state index is 13.1. The Kier molecular flexibility index (Phi) is 6.39. The number of carbonyl (C=O) groups is 1. The van der Waals surface area contributed by atoms with Crippen molar-refractivity contribution in [3.8, 4) is 0 Å². The molecular formula is C21H32N2O2S. The molecule has 3 aliphatic rings. The lowest BCUT2D eigenvalue weighted by Crippen LogP contribution is -2.52. The summed E-state index contributed by atoms with van der Waals surface area (Å²) >= 11 is 1.70. The van der Waals surface area contributed by atoms with Gasteiger partial charge >= 0.3 is 0 Å². The summed E-state index contributed by atoms with van der Waals surface area (Å²) in [4.78, 5) is 20.5. The number of hydrogen-bond donors (Lipinski definition) is 0. The van der Waals surface area contributed by atoms with Crippen LogP contribution in [0.15, 0.2) is 5.38 Å². The Morgan fingerprint density at radius 2 is 1.85 bits per heavy atom. The minimum atomic E-state index is 0.105. The van der Waals surface area contributed by atoms with Crippen molar-refractivity contribution < 1.29 is 9.53 Å². The van der Waals surface area contributed by atoms with Gasteiger partial charge in [-0.15, -0.1) is 11.3 Å². The van der Waals surface area contributed by atoms with Gasteiger partial charge in [-0.3, -0.25) is 9.69 Å². The average molecular weight is 377 g/mol. The highest BCUT2D eigenvalue weighted by Gasteiger charge is 2.34. The number of Topliss-reactive ketones (excluding diaryl/α,β-unsaturated/α-hetero) is 1. The standard InChI is InChI=1S/C21H32N2O2S/c24-20(14-21-22-18(15-26-21)16-6-2-1-3-7-16)19-8-4-5-11-23(19)17-9-12-25-13-10-17/h15-17,19H,1-14H2/t19-/m0/s1. The molecule has 144 valence electrons. The van der Waals surface area contributed by atoms with Crippen LogP contribution in [-0.4, -0.2) is 47.5 Å². The van der Waals surface area contributed by atoms with Gasteiger partial charge in [-0.2, -0.15) is 0 Å². The normalized spacial score (nSPS) is 26.8. The van der Waals surface area contributed by atoms with Gasteiger partial charge in [0.1, 0.15) is 5.01 Å². The van der Waals surface area contributed by atoms with Crippen LogP contribution in [0.5, 0.6) is 0 Å². The van der Waals surface area contributed by atoms with Gasteiger partial charge in [0.25, 0.3) is 0 Å². The first-order chi connectivity index (χ1) is 12.8. The molecule has 2 saturated heterocycles. The third-order valence-electron chi connectivity index (χ3n) is 6.49. The zero-order valence-corrected chi connectivity index (χ0v) is 16.6. The van der Waals surface area contributed by atoms with Crippen LogP contribution in [0.4, 0.5) is 0 Å². The summed E-state index contributed by atoms with van der Waals surface area (Å²) in [6, 6.07) is 0.640. The molecule has 3 fully saturated rings. The molecule has 0 unspecified atom stereocenters. The third kappa shape index (κ3) is 4.37. The molecule has 3 heterocycles. The van der Waals surface area contributed by atoms with Gasteiger partial charge in [0.15, 0.2) is 5.78 Å². The molecule has 5 heteroatoms. The van der Waals surface area contributed by atoms with Crippen LogP contribution in [0, 0.1) is 0 Å². The fourth-order valence-corrected chi connectivity index (χ4v) is 5.90. The maximum Gasteiger partial charge on any atom is 0.156 e. The van der Waals surface area contributed by atoms with Crippen LogP contribution < -0.4 is 0 Å². The molecule has 1 aromatic heterocycles. The van der Waals surface area contributed by atoms with Crippen molar-refractivity contribution in [2.45, 2.75) is 88.6 Å². The van der Waals surface area contributed by atoms with E-state index in [0.717, 1.165) is 44.0 Å². The van der Waals surface area contributed by atoms with Crippen molar-refractivity contribution in [3.63, 3.8) is 0 Å². The average Bonchev–Trinajstić information content (AvgIpc) is 3.18. The van der Waals surface area contributed by atoms with Crippen LogP contribution in [0.1, 0.15) is 80.8 Å². The zero-order valence-electron chi connectivity index (χ0n) is 15.8. The predicted molar refractivity (Wildman–Crippen MR) is 105 cm³/mol. The Labute approximate surface area is 161 Å². The van der Waals surface area contributed by atoms with Crippen molar-refractivity contribution in [1.29, 1.82) is 0 Å². The zero-order chi connectivity index (χ0) is 17.8. The van der Waals surface area contributed by atoms with Crippen LogP contribution in [0.2, 0.25) is 0 Å². The van der Waals surface area contributed by atoms with E-state index >= 15 is 0 Å². The fourth-order valence-electron chi connectivity index (χ4n) is 5.01. The number of rotatable bonds is 5. The van der Waals surface area contributed by atoms with E-state index in [1.54, 1.807) is 11.3 Å². The lowest BCUT2D eigenvalue weighted by molar-refractivity contribution is -0.127. The van der Waals surface area contributed by atoms with Gasteiger partial charge in [0.05, 0.1) is 18.2 Å². The van der Waals surface area contributed by atoms with E-state index in [0.29, 0.717) is 24.2 Å². The smallest absolute Gasteiger partial charge is 0.156 e. The molecule has 0 N–H and O–H groups in total. The topological polar surface area (TPSA) is 42.4 Å². The van der Waals surface area contributed by atoms with Gasteiger partial charge in [0.2, 0.25) is 0 Å². The van der Waals surface area contributed by atoms with E-state index in [1.807, 2.05) is 0 Å². The number of nitrogens with zero attached hydrogens (tertiary/aromatic N) is 2.